The van der Waals surface area contributed by atoms with E-state index < -0.39 is 0 Å². The molecule has 0 aromatic heterocycles. The summed E-state index contributed by atoms with van der Waals surface area (Å²) in [5.74, 6) is 0. The third-order valence-corrected chi connectivity index (χ3v) is 2.46. The molecule has 0 N–H and O–H groups in total. The molecule has 2 nitrogen and oxygen atoms in total. The Balaban J connectivity index is 2.10. The fourth-order valence-corrected chi connectivity index (χ4v) is 1.41. The summed E-state index contributed by atoms with van der Waals surface area (Å²) in [4.78, 5) is 2.06. The summed E-state index contributed by atoms with van der Waals surface area (Å²) in [5.41, 5.74) is 0. The highest BCUT2D eigenvalue weighted by Gasteiger charge is 2.31. The second-order valence-electron chi connectivity index (χ2n) is 3.15. The van der Waals surface area contributed by atoms with Gasteiger partial charge in [0.2, 0.25) is 0 Å². The van der Waals surface area contributed by atoms with Crippen molar-refractivity contribution in [2.24, 2.45) is 0 Å². The minimum absolute atomic E-state index is 0.245. The van der Waals surface area contributed by atoms with Gasteiger partial charge in [-0.3, -0.25) is 0 Å². The van der Waals surface area contributed by atoms with Gasteiger partial charge in [0.1, 0.15) is 6.67 Å². The molecule has 1 saturated carbocycles. The van der Waals surface area contributed by atoms with Crippen molar-refractivity contribution >= 4 is 0 Å². The molecule has 1 aliphatic carbocycles. The summed E-state index contributed by atoms with van der Waals surface area (Å²) in [7, 11) is 3.70. The van der Waals surface area contributed by atoms with Crippen molar-refractivity contribution in [2.45, 2.75) is 25.0 Å². The number of hydrogen-bond acceptors (Lipinski definition) is 2. The smallest absolute Gasteiger partial charge is 0.102 e. The third kappa shape index (κ3) is 2.14. The van der Waals surface area contributed by atoms with Gasteiger partial charge in [0.15, 0.2) is 0 Å². The van der Waals surface area contributed by atoms with Crippen LogP contribution in [0.4, 0.5) is 4.39 Å². The van der Waals surface area contributed by atoms with Gasteiger partial charge >= 0.3 is 0 Å². The van der Waals surface area contributed by atoms with Crippen molar-refractivity contribution in [1.82, 2.24) is 4.90 Å². The number of alkyl halides is 1. The van der Waals surface area contributed by atoms with Gasteiger partial charge in [-0.05, 0) is 19.9 Å². The predicted molar refractivity (Wildman–Crippen MR) is 42.4 cm³/mol. The molecule has 0 heterocycles. The maximum Gasteiger partial charge on any atom is 0.102 e. The maximum atomic E-state index is 11.9. The van der Waals surface area contributed by atoms with Crippen LogP contribution < -0.4 is 0 Å². The van der Waals surface area contributed by atoms with Crippen LogP contribution in [0.1, 0.15) is 12.8 Å². The lowest BCUT2D eigenvalue weighted by Crippen LogP contribution is -2.46. The Bertz CT molecular complexity index is 115. The Hall–Kier alpha value is -0.150. The van der Waals surface area contributed by atoms with E-state index in [1.807, 2.05) is 7.05 Å². The van der Waals surface area contributed by atoms with Crippen molar-refractivity contribution in [3.8, 4) is 0 Å². The van der Waals surface area contributed by atoms with E-state index >= 15 is 0 Å². The second kappa shape index (κ2) is 4.02. The lowest BCUT2D eigenvalue weighted by Gasteiger charge is -2.39. The molecular formula is C8H16FNO. The number of ether oxygens (including phenoxy) is 1. The molecule has 0 radical (unpaired) electrons. The first-order valence-corrected chi connectivity index (χ1v) is 4.07. The summed E-state index contributed by atoms with van der Waals surface area (Å²) in [6, 6.07) is 0.552. The molecule has 1 aliphatic rings. The zero-order valence-electron chi connectivity index (χ0n) is 7.22. The van der Waals surface area contributed by atoms with Gasteiger partial charge in [0, 0.05) is 19.7 Å². The highest BCUT2D eigenvalue weighted by molar-refractivity contribution is 4.86. The van der Waals surface area contributed by atoms with Gasteiger partial charge in [-0.2, -0.15) is 0 Å². The zero-order valence-corrected chi connectivity index (χ0v) is 7.22. The number of rotatable bonds is 4. The van der Waals surface area contributed by atoms with Crippen molar-refractivity contribution in [3.63, 3.8) is 0 Å². The molecule has 1 fully saturated rings. The molecule has 66 valence electrons. The van der Waals surface area contributed by atoms with E-state index in [2.05, 4.69) is 4.90 Å². The van der Waals surface area contributed by atoms with Crippen LogP contribution >= 0.6 is 0 Å². The van der Waals surface area contributed by atoms with Crippen molar-refractivity contribution in [1.29, 1.82) is 0 Å². The van der Waals surface area contributed by atoms with E-state index in [0.717, 1.165) is 12.8 Å². The molecule has 0 aromatic rings. The van der Waals surface area contributed by atoms with E-state index in [-0.39, 0.29) is 6.67 Å². The van der Waals surface area contributed by atoms with E-state index in [1.165, 1.54) is 0 Å². The van der Waals surface area contributed by atoms with Crippen LogP contribution in [0.5, 0.6) is 0 Å². The van der Waals surface area contributed by atoms with E-state index in [9.17, 15) is 4.39 Å². The molecule has 0 bridgehead atoms. The first-order chi connectivity index (χ1) is 5.27. The highest BCUT2D eigenvalue weighted by atomic mass is 19.1. The topological polar surface area (TPSA) is 12.5 Å². The normalized spacial score (nSPS) is 30.5. The third-order valence-electron chi connectivity index (χ3n) is 2.46. The first kappa shape index (κ1) is 8.94. The van der Waals surface area contributed by atoms with Crippen LogP contribution in [0.2, 0.25) is 0 Å². The maximum absolute atomic E-state index is 11.9. The lowest BCUT2D eigenvalue weighted by atomic mass is 9.88. The van der Waals surface area contributed by atoms with Crippen LogP contribution in [-0.4, -0.2) is 44.4 Å². The van der Waals surface area contributed by atoms with E-state index in [4.69, 9.17) is 4.74 Å². The molecule has 0 aromatic carbocycles. The van der Waals surface area contributed by atoms with Crippen molar-refractivity contribution < 1.29 is 9.13 Å². The zero-order chi connectivity index (χ0) is 8.27. The number of methoxy groups -OCH3 is 1. The van der Waals surface area contributed by atoms with Crippen LogP contribution in [0.3, 0.4) is 0 Å². The Labute approximate surface area is 67.3 Å². The average molecular weight is 161 g/mol. The van der Waals surface area contributed by atoms with E-state index in [0.29, 0.717) is 18.7 Å². The van der Waals surface area contributed by atoms with E-state index in [1.54, 1.807) is 7.11 Å². The quantitative estimate of drug-likeness (QED) is 0.611. The summed E-state index contributed by atoms with van der Waals surface area (Å²) in [5, 5.41) is 0. The summed E-state index contributed by atoms with van der Waals surface area (Å²) in [6.07, 6.45) is 2.54. The molecule has 11 heavy (non-hydrogen) atoms. The van der Waals surface area contributed by atoms with Gasteiger partial charge < -0.3 is 9.64 Å². The molecule has 0 atom stereocenters. The van der Waals surface area contributed by atoms with Crippen molar-refractivity contribution in [2.75, 3.05) is 27.4 Å². The average Bonchev–Trinajstić information content (AvgIpc) is 1.86. The molecule has 0 spiro atoms. The van der Waals surface area contributed by atoms with Gasteiger partial charge in [-0.15, -0.1) is 0 Å². The lowest BCUT2D eigenvalue weighted by molar-refractivity contribution is -0.0204. The van der Waals surface area contributed by atoms with Crippen LogP contribution in [0.15, 0.2) is 0 Å². The molecule has 0 amide bonds. The highest BCUT2D eigenvalue weighted by Crippen LogP contribution is 2.26. The van der Waals surface area contributed by atoms with Gasteiger partial charge in [0.05, 0.1) is 6.10 Å². The Morgan fingerprint density at radius 3 is 2.64 bits per heavy atom. The van der Waals surface area contributed by atoms with Gasteiger partial charge in [-0.1, -0.05) is 0 Å². The fraction of sp³-hybridized carbons (Fsp3) is 1.00. The molecular weight excluding hydrogens is 145 g/mol. The molecule has 0 aliphatic heterocycles. The molecule has 3 heteroatoms. The largest absolute Gasteiger partial charge is 0.381 e. The summed E-state index contributed by atoms with van der Waals surface area (Å²) >= 11 is 0. The Morgan fingerprint density at radius 1 is 1.55 bits per heavy atom. The monoisotopic (exact) mass is 161 g/mol. The summed E-state index contributed by atoms with van der Waals surface area (Å²) in [6.45, 7) is 0.311. The van der Waals surface area contributed by atoms with Gasteiger partial charge in [0.25, 0.3) is 0 Å². The molecule has 0 saturated heterocycles. The fourth-order valence-electron chi connectivity index (χ4n) is 1.41. The molecule has 0 unspecified atom stereocenters. The summed E-state index contributed by atoms with van der Waals surface area (Å²) < 4.78 is 17.0. The number of halogens is 1. The minimum atomic E-state index is -0.245. The Morgan fingerprint density at radius 2 is 2.18 bits per heavy atom. The standard InChI is InChI=1S/C8H16FNO/c1-10(4-3-9)7-5-8(6-7)11-2/h7-8H,3-6H2,1-2H3. The van der Waals surface area contributed by atoms with Crippen LogP contribution in [0, 0.1) is 0 Å². The number of hydrogen-bond donors (Lipinski definition) is 0. The minimum Gasteiger partial charge on any atom is -0.381 e. The first-order valence-electron chi connectivity index (χ1n) is 4.07. The van der Waals surface area contributed by atoms with Gasteiger partial charge in [-0.25, -0.2) is 4.39 Å². The molecule has 1 rings (SSSR count). The number of nitrogens with zero attached hydrogens (tertiary/aromatic N) is 1. The van der Waals surface area contributed by atoms with Crippen molar-refractivity contribution in [3.05, 3.63) is 0 Å². The SMILES string of the molecule is COC1CC(N(C)CCF)C1. The van der Waals surface area contributed by atoms with Crippen LogP contribution in [0.25, 0.3) is 0 Å². The van der Waals surface area contributed by atoms with Crippen LogP contribution in [-0.2, 0) is 4.74 Å². The predicted octanol–water partition coefficient (Wildman–Crippen LogP) is 1.07. The second-order valence-corrected chi connectivity index (χ2v) is 3.15. The Kier molecular flexibility index (Phi) is 3.27.